The maximum atomic E-state index is 11.9. The predicted octanol–water partition coefficient (Wildman–Crippen LogP) is 3.56. The number of carbonyl (C=O) groups is 1. The lowest BCUT2D eigenvalue weighted by atomic mass is 10.1. The Hall–Kier alpha value is -1.42. The minimum Gasteiger partial charge on any atom is -0.462 e. The zero-order valence-corrected chi connectivity index (χ0v) is 12.4. The van der Waals surface area contributed by atoms with E-state index in [1.165, 1.54) is 0 Å². The molecule has 0 radical (unpaired) electrons. The smallest absolute Gasteiger partial charge is 0.340 e. The van der Waals surface area contributed by atoms with Crippen LogP contribution < -0.4 is 11.1 Å². The van der Waals surface area contributed by atoms with Crippen molar-refractivity contribution in [3.05, 3.63) is 22.7 Å². The van der Waals surface area contributed by atoms with Crippen molar-refractivity contribution >= 4 is 28.9 Å². The lowest BCUT2D eigenvalue weighted by Gasteiger charge is -2.15. The number of anilines is 2. The van der Waals surface area contributed by atoms with Gasteiger partial charge < -0.3 is 15.8 Å². The summed E-state index contributed by atoms with van der Waals surface area (Å²) in [5.41, 5.74) is 7.14. The number of nitrogens with two attached hydrogens (primary N) is 1. The highest BCUT2D eigenvalue weighted by molar-refractivity contribution is 6.34. The average Bonchev–Trinajstić information content (AvgIpc) is 2.31. The van der Waals surface area contributed by atoms with Crippen LogP contribution in [-0.2, 0) is 4.74 Å². The van der Waals surface area contributed by atoms with Crippen molar-refractivity contribution in [3.8, 4) is 0 Å². The van der Waals surface area contributed by atoms with Gasteiger partial charge in [-0.25, -0.2) is 4.79 Å². The summed E-state index contributed by atoms with van der Waals surface area (Å²) < 4.78 is 5.01. The number of nitrogen functional groups attached to an aromatic ring is 1. The van der Waals surface area contributed by atoms with E-state index in [0.29, 0.717) is 34.5 Å². The third-order valence-corrected chi connectivity index (χ3v) is 2.93. The van der Waals surface area contributed by atoms with E-state index in [2.05, 4.69) is 19.2 Å². The Balaban J connectivity index is 2.96. The van der Waals surface area contributed by atoms with Crippen molar-refractivity contribution in [1.82, 2.24) is 0 Å². The van der Waals surface area contributed by atoms with Gasteiger partial charge in [0.2, 0.25) is 0 Å². The van der Waals surface area contributed by atoms with E-state index in [0.717, 1.165) is 13.0 Å². The SMILES string of the molecule is CCOC(=O)c1cc(N)cc(Cl)c1NCCC(C)C. The van der Waals surface area contributed by atoms with Crippen LogP contribution in [0.4, 0.5) is 11.4 Å². The summed E-state index contributed by atoms with van der Waals surface area (Å²) in [4.78, 5) is 11.9. The zero-order valence-electron chi connectivity index (χ0n) is 11.6. The second-order valence-electron chi connectivity index (χ2n) is 4.76. The fourth-order valence-electron chi connectivity index (χ4n) is 1.66. The maximum Gasteiger partial charge on any atom is 0.340 e. The van der Waals surface area contributed by atoms with Crippen LogP contribution in [0.25, 0.3) is 0 Å². The maximum absolute atomic E-state index is 11.9. The van der Waals surface area contributed by atoms with Crippen LogP contribution in [0.3, 0.4) is 0 Å². The highest BCUT2D eigenvalue weighted by atomic mass is 35.5. The molecule has 3 N–H and O–H groups in total. The molecule has 1 aromatic carbocycles. The van der Waals surface area contributed by atoms with Crippen LogP contribution in [0.1, 0.15) is 37.6 Å². The molecular formula is C14H21ClN2O2. The molecule has 0 heterocycles. The summed E-state index contributed by atoms with van der Waals surface area (Å²) in [6.07, 6.45) is 0.989. The largest absolute Gasteiger partial charge is 0.462 e. The van der Waals surface area contributed by atoms with Gasteiger partial charge in [-0.2, -0.15) is 0 Å². The molecule has 5 heteroatoms. The molecule has 1 rings (SSSR count). The van der Waals surface area contributed by atoms with Crippen molar-refractivity contribution in [1.29, 1.82) is 0 Å². The Morgan fingerprint density at radius 2 is 2.16 bits per heavy atom. The molecule has 0 amide bonds. The van der Waals surface area contributed by atoms with Crippen LogP contribution in [-0.4, -0.2) is 19.1 Å². The molecule has 1 aromatic rings. The van der Waals surface area contributed by atoms with Gasteiger partial charge in [-0.15, -0.1) is 0 Å². The molecule has 0 aliphatic rings. The summed E-state index contributed by atoms with van der Waals surface area (Å²) in [6, 6.07) is 3.21. The first-order valence-electron chi connectivity index (χ1n) is 6.45. The molecular weight excluding hydrogens is 264 g/mol. The fourth-order valence-corrected chi connectivity index (χ4v) is 1.96. The van der Waals surface area contributed by atoms with Gasteiger partial charge in [-0.05, 0) is 31.4 Å². The second-order valence-corrected chi connectivity index (χ2v) is 5.16. The summed E-state index contributed by atoms with van der Waals surface area (Å²) >= 11 is 6.14. The summed E-state index contributed by atoms with van der Waals surface area (Å²) in [5, 5.41) is 3.63. The number of hydrogen-bond acceptors (Lipinski definition) is 4. The van der Waals surface area contributed by atoms with Gasteiger partial charge in [-0.3, -0.25) is 0 Å². The highest BCUT2D eigenvalue weighted by Gasteiger charge is 2.16. The number of hydrogen-bond donors (Lipinski definition) is 2. The second kappa shape index (κ2) is 7.24. The normalized spacial score (nSPS) is 10.6. The first-order chi connectivity index (χ1) is 8.95. The van der Waals surface area contributed by atoms with Gasteiger partial charge in [0, 0.05) is 12.2 Å². The van der Waals surface area contributed by atoms with Crippen LogP contribution in [0.2, 0.25) is 5.02 Å². The first-order valence-corrected chi connectivity index (χ1v) is 6.83. The molecule has 0 aliphatic heterocycles. The van der Waals surface area contributed by atoms with E-state index >= 15 is 0 Å². The van der Waals surface area contributed by atoms with Crippen LogP contribution in [0.15, 0.2) is 12.1 Å². The van der Waals surface area contributed by atoms with Crippen LogP contribution >= 0.6 is 11.6 Å². The lowest BCUT2D eigenvalue weighted by Crippen LogP contribution is -2.13. The first kappa shape index (κ1) is 15.6. The van der Waals surface area contributed by atoms with Crippen molar-refractivity contribution in [2.24, 2.45) is 5.92 Å². The fraction of sp³-hybridized carbons (Fsp3) is 0.500. The van der Waals surface area contributed by atoms with E-state index < -0.39 is 5.97 Å². The van der Waals surface area contributed by atoms with E-state index in [1.807, 2.05) is 0 Å². The Morgan fingerprint density at radius 3 is 2.74 bits per heavy atom. The Kier molecular flexibility index (Phi) is 5.96. The molecule has 0 fully saturated rings. The van der Waals surface area contributed by atoms with E-state index in [1.54, 1.807) is 19.1 Å². The molecule has 0 bridgehead atoms. The van der Waals surface area contributed by atoms with Crippen molar-refractivity contribution in [2.45, 2.75) is 27.2 Å². The molecule has 0 atom stereocenters. The number of nitrogens with one attached hydrogen (secondary N) is 1. The Bertz CT molecular complexity index is 447. The monoisotopic (exact) mass is 284 g/mol. The minimum absolute atomic E-state index is 0.316. The molecule has 19 heavy (non-hydrogen) atoms. The molecule has 0 aromatic heterocycles. The molecule has 106 valence electrons. The van der Waals surface area contributed by atoms with Gasteiger partial charge in [0.15, 0.2) is 0 Å². The van der Waals surface area contributed by atoms with Crippen molar-refractivity contribution < 1.29 is 9.53 Å². The Labute approximate surface area is 119 Å². The number of halogens is 1. The van der Waals surface area contributed by atoms with Gasteiger partial charge >= 0.3 is 5.97 Å². The number of benzene rings is 1. The molecule has 4 nitrogen and oxygen atoms in total. The van der Waals surface area contributed by atoms with Gasteiger partial charge in [-0.1, -0.05) is 25.4 Å². The Morgan fingerprint density at radius 1 is 1.47 bits per heavy atom. The van der Waals surface area contributed by atoms with E-state index in [4.69, 9.17) is 22.1 Å². The highest BCUT2D eigenvalue weighted by Crippen LogP contribution is 2.30. The third kappa shape index (κ3) is 4.63. The number of ether oxygens (including phenoxy) is 1. The zero-order chi connectivity index (χ0) is 14.4. The number of carbonyl (C=O) groups excluding carboxylic acids is 1. The summed E-state index contributed by atoms with van der Waals surface area (Å²) in [5.74, 6) is 0.162. The summed E-state index contributed by atoms with van der Waals surface area (Å²) in [6.45, 7) is 7.10. The predicted molar refractivity (Wildman–Crippen MR) is 79.8 cm³/mol. The van der Waals surface area contributed by atoms with E-state index in [9.17, 15) is 4.79 Å². The third-order valence-electron chi connectivity index (χ3n) is 2.63. The quantitative estimate of drug-likeness (QED) is 0.619. The average molecular weight is 285 g/mol. The molecule has 0 aliphatic carbocycles. The number of rotatable bonds is 6. The van der Waals surface area contributed by atoms with Crippen molar-refractivity contribution in [3.63, 3.8) is 0 Å². The van der Waals surface area contributed by atoms with Gasteiger partial charge in [0.05, 0.1) is 22.9 Å². The number of esters is 1. The topological polar surface area (TPSA) is 64.3 Å². The summed E-state index contributed by atoms with van der Waals surface area (Å²) in [7, 11) is 0. The van der Waals surface area contributed by atoms with Gasteiger partial charge in [0.25, 0.3) is 0 Å². The molecule has 0 spiro atoms. The van der Waals surface area contributed by atoms with E-state index in [-0.39, 0.29) is 0 Å². The standard InChI is InChI=1S/C14H21ClN2O2/c1-4-19-14(18)11-7-10(16)8-12(15)13(11)17-6-5-9(2)3/h7-9,17H,4-6,16H2,1-3H3. The molecule has 0 unspecified atom stereocenters. The lowest BCUT2D eigenvalue weighted by molar-refractivity contribution is 0.0527. The van der Waals surface area contributed by atoms with Gasteiger partial charge in [0.1, 0.15) is 0 Å². The van der Waals surface area contributed by atoms with Crippen molar-refractivity contribution in [2.75, 3.05) is 24.2 Å². The minimum atomic E-state index is -0.413. The molecule has 0 saturated carbocycles. The van der Waals surface area contributed by atoms with Crippen LogP contribution in [0, 0.1) is 5.92 Å². The molecule has 0 saturated heterocycles. The van der Waals surface area contributed by atoms with Crippen LogP contribution in [0.5, 0.6) is 0 Å².